The second-order valence-corrected chi connectivity index (χ2v) is 24.7. The fourth-order valence-corrected chi connectivity index (χ4v) is 11.7. The molecule has 0 radical (unpaired) electrons. The average molecular weight is 1200 g/mol. The maximum atomic E-state index is 11.7. The van der Waals surface area contributed by atoms with Gasteiger partial charge < -0.3 is 10.2 Å². The standard InChI is InChI=1S/C66H112N2.C13H20O2.Ni/c1-4-7-10-12-14-16-18-20-22-24-26-28-30-32-34-36-38-40-42-44-46-48-50-62-53-57-64(58-54-62)67-61-66(52-9-6-3)68-65-59-55-63(56-60-65)51-49-47-45-43-41-39-37-35-33-31-29-27-25-23-21-19-17-15-13-11-8-5-2;1-4-7-11-9(5-2)8-12(14)13(15)10(11)6-3;/h48-51,53-61H,4-47,52H2,1-3H3;8,14-15H,4-7H2,1-3H3;/q;;+2/p-2. The van der Waals surface area contributed by atoms with Crippen LogP contribution >= 0.6 is 0 Å². The first-order valence-electron chi connectivity index (χ1n) is 36.1. The van der Waals surface area contributed by atoms with Crippen LogP contribution in [0.5, 0.6) is 11.5 Å². The molecule has 0 atom stereocenters. The monoisotopic (exact) mass is 1200 g/mol. The van der Waals surface area contributed by atoms with E-state index in [1.807, 2.05) is 20.1 Å². The molecule has 0 heterocycles. The molecule has 4 nitrogen and oxygen atoms in total. The number of aliphatic imine (C=N–C) groups is 2. The number of allylic oxidation sites excluding steroid dienone is 2. The number of nitrogens with zero attached hydrogens (tertiary/aromatic N) is 2. The fraction of sp³-hybridized carbons (Fsp3) is 0.696. The van der Waals surface area contributed by atoms with Crippen molar-refractivity contribution in [1.82, 2.24) is 0 Å². The number of aryl methyl sites for hydroxylation is 1. The van der Waals surface area contributed by atoms with E-state index < -0.39 is 0 Å². The molecule has 3 rings (SSSR count). The molecule has 0 aliphatic carbocycles. The zero-order valence-electron chi connectivity index (χ0n) is 55.8. The van der Waals surface area contributed by atoms with Gasteiger partial charge in [-0.15, -0.1) is 11.5 Å². The van der Waals surface area contributed by atoms with Crippen LogP contribution in [0.15, 0.2) is 76.7 Å². The molecule has 0 bridgehead atoms. The number of unbranched alkanes of at least 4 members (excludes halogenated alkanes) is 41. The van der Waals surface area contributed by atoms with Gasteiger partial charge in [0.2, 0.25) is 0 Å². The average Bonchev–Trinajstić information content (AvgIpc) is 3.70. The van der Waals surface area contributed by atoms with Gasteiger partial charge in [0.1, 0.15) is 0 Å². The van der Waals surface area contributed by atoms with E-state index in [9.17, 15) is 10.2 Å². The molecular weight excluding hydrogens is 1070 g/mol. The van der Waals surface area contributed by atoms with E-state index in [1.54, 1.807) is 0 Å². The first-order valence-corrected chi connectivity index (χ1v) is 36.1. The van der Waals surface area contributed by atoms with Gasteiger partial charge in [0.05, 0.1) is 17.1 Å². The Morgan fingerprint density at radius 2 is 0.702 bits per heavy atom. The summed E-state index contributed by atoms with van der Waals surface area (Å²) < 4.78 is 0. The molecule has 0 amide bonds. The zero-order valence-corrected chi connectivity index (χ0v) is 56.7. The molecule has 0 saturated heterocycles. The van der Waals surface area contributed by atoms with Crippen molar-refractivity contribution in [2.45, 2.75) is 356 Å². The predicted octanol–water partition coefficient (Wildman–Crippen LogP) is 25.7. The van der Waals surface area contributed by atoms with E-state index in [1.165, 1.54) is 287 Å². The zero-order chi connectivity index (χ0) is 59.7. The Morgan fingerprint density at radius 3 is 1.02 bits per heavy atom. The Balaban J connectivity index is 0.00000190. The summed E-state index contributed by atoms with van der Waals surface area (Å²) in [6.45, 7) is 12.9. The Hall–Kier alpha value is -3.43. The summed E-state index contributed by atoms with van der Waals surface area (Å²) in [6.07, 6.45) is 77.6. The normalized spacial score (nSPS) is 11.8. The van der Waals surface area contributed by atoms with Crippen LogP contribution in [0.3, 0.4) is 0 Å². The molecule has 0 aliphatic rings. The van der Waals surface area contributed by atoms with Gasteiger partial charge in [-0.25, -0.2) is 0 Å². The summed E-state index contributed by atoms with van der Waals surface area (Å²) in [6, 6.07) is 18.9. The molecule has 0 spiro atoms. The Labute approximate surface area is 531 Å². The quantitative estimate of drug-likeness (QED) is 0.0321. The third kappa shape index (κ3) is 43.2. The van der Waals surface area contributed by atoms with E-state index in [0.29, 0.717) is 6.42 Å². The maximum Gasteiger partial charge on any atom is 2.00 e. The van der Waals surface area contributed by atoms with Crippen molar-refractivity contribution in [3.05, 3.63) is 94.6 Å². The number of rotatable bonds is 54. The minimum absolute atomic E-state index is 0. The van der Waals surface area contributed by atoms with Crippen LogP contribution in [0.4, 0.5) is 11.4 Å². The van der Waals surface area contributed by atoms with E-state index >= 15 is 0 Å². The molecule has 5 heteroatoms. The fourth-order valence-electron chi connectivity index (χ4n) is 11.7. The van der Waals surface area contributed by atoms with Crippen LogP contribution in [-0.4, -0.2) is 11.9 Å². The largest absolute Gasteiger partial charge is 2.00 e. The first-order chi connectivity index (χ1) is 40.9. The number of hydrogen-bond donors (Lipinski definition) is 0. The van der Waals surface area contributed by atoms with Crippen LogP contribution in [0.1, 0.15) is 365 Å². The predicted molar refractivity (Wildman–Crippen MR) is 369 cm³/mol. The summed E-state index contributed by atoms with van der Waals surface area (Å²) in [5, 5.41) is 23.1. The first kappa shape index (κ1) is 78.6. The van der Waals surface area contributed by atoms with Gasteiger partial charge in [-0.1, -0.05) is 359 Å². The molecular formula is C79H130N2NiO2. The molecule has 84 heavy (non-hydrogen) atoms. The van der Waals surface area contributed by atoms with Gasteiger partial charge in [0.15, 0.2) is 0 Å². The van der Waals surface area contributed by atoms with Crippen molar-refractivity contribution in [1.29, 1.82) is 0 Å². The SMILES string of the molecule is CCCCCCCCCCCCCCCCCCCCCCC=Cc1ccc(N=CC(CCCC)=Nc2ccc(C=CCCCCCCCCCCCCCCCCCCCCCC)cc2)cc1.CCCc1c(CC)cc([O-])c([O-])c1CC.[Ni+2]. The molecule has 0 unspecified atom stereocenters. The third-order valence-corrected chi connectivity index (χ3v) is 17.1. The topological polar surface area (TPSA) is 70.8 Å². The molecule has 0 aliphatic heterocycles. The van der Waals surface area contributed by atoms with E-state index in [-0.39, 0.29) is 28.0 Å². The van der Waals surface area contributed by atoms with Crippen molar-refractivity contribution in [2.75, 3.05) is 0 Å². The summed E-state index contributed by atoms with van der Waals surface area (Å²) in [4.78, 5) is 9.85. The van der Waals surface area contributed by atoms with Crippen LogP contribution in [-0.2, 0) is 35.8 Å². The molecule has 3 aromatic carbocycles. The van der Waals surface area contributed by atoms with Crippen LogP contribution in [0, 0.1) is 0 Å². The Bertz CT molecular complexity index is 2030. The van der Waals surface area contributed by atoms with E-state index in [4.69, 9.17) is 9.98 Å². The second-order valence-electron chi connectivity index (χ2n) is 24.7. The van der Waals surface area contributed by atoms with Gasteiger partial charge >= 0.3 is 16.5 Å². The van der Waals surface area contributed by atoms with Crippen LogP contribution in [0.25, 0.3) is 12.2 Å². The minimum atomic E-state index is -0.344. The van der Waals surface area contributed by atoms with E-state index in [2.05, 4.69) is 101 Å². The molecule has 3 aromatic rings. The minimum Gasteiger partial charge on any atom is -0.873 e. The third-order valence-electron chi connectivity index (χ3n) is 17.1. The van der Waals surface area contributed by atoms with Crippen molar-refractivity contribution >= 4 is 35.5 Å². The molecule has 478 valence electrons. The van der Waals surface area contributed by atoms with Crippen molar-refractivity contribution < 1.29 is 26.7 Å². The van der Waals surface area contributed by atoms with Crippen molar-refractivity contribution in [3.63, 3.8) is 0 Å². The molecule has 0 aromatic heterocycles. The molecule has 0 fully saturated rings. The Kier molecular flexibility index (Phi) is 54.8. The van der Waals surface area contributed by atoms with Gasteiger partial charge in [-0.2, -0.15) is 0 Å². The maximum absolute atomic E-state index is 11.7. The number of benzene rings is 3. The number of hydrogen-bond acceptors (Lipinski definition) is 4. The van der Waals surface area contributed by atoms with Crippen molar-refractivity contribution in [2.24, 2.45) is 9.98 Å². The summed E-state index contributed by atoms with van der Waals surface area (Å²) in [7, 11) is 0. The molecule has 0 saturated carbocycles. The van der Waals surface area contributed by atoms with Crippen LogP contribution in [0.2, 0.25) is 0 Å². The Morgan fingerprint density at radius 1 is 0.369 bits per heavy atom. The summed E-state index contributed by atoms with van der Waals surface area (Å²) >= 11 is 0. The van der Waals surface area contributed by atoms with Crippen LogP contribution < -0.4 is 10.2 Å². The van der Waals surface area contributed by atoms with E-state index in [0.717, 1.165) is 72.3 Å². The van der Waals surface area contributed by atoms with Crippen molar-refractivity contribution in [3.8, 4) is 11.5 Å². The summed E-state index contributed by atoms with van der Waals surface area (Å²) in [5.41, 5.74) is 8.47. The smallest absolute Gasteiger partial charge is 0.873 e. The van der Waals surface area contributed by atoms with Gasteiger partial charge in [0, 0.05) is 6.21 Å². The summed E-state index contributed by atoms with van der Waals surface area (Å²) in [5.74, 6) is -0.637. The molecule has 0 N–H and O–H groups in total. The second kappa shape index (κ2) is 58.6. The van der Waals surface area contributed by atoms with Gasteiger partial charge in [-0.05, 0) is 104 Å². The van der Waals surface area contributed by atoms with Gasteiger partial charge in [-0.3, -0.25) is 9.98 Å². The van der Waals surface area contributed by atoms with Gasteiger partial charge in [0.25, 0.3) is 0 Å².